The SMILES string of the molecule is CC(O)c1cccnc1Cl.Clc1ccccn1. The molecule has 1 unspecified atom stereocenters. The van der Waals surface area contributed by atoms with Gasteiger partial charge < -0.3 is 5.11 Å². The van der Waals surface area contributed by atoms with Crippen LogP contribution in [-0.4, -0.2) is 15.1 Å². The van der Waals surface area contributed by atoms with E-state index in [9.17, 15) is 0 Å². The van der Waals surface area contributed by atoms with Gasteiger partial charge in [0.05, 0.1) is 6.10 Å². The molecule has 2 heterocycles. The summed E-state index contributed by atoms with van der Waals surface area (Å²) >= 11 is 11.1. The second kappa shape index (κ2) is 7.22. The highest BCUT2D eigenvalue weighted by Crippen LogP contribution is 2.18. The Hall–Kier alpha value is -1.16. The van der Waals surface area contributed by atoms with Crippen LogP contribution >= 0.6 is 23.2 Å². The van der Waals surface area contributed by atoms with Gasteiger partial charge in [-0.3, -0.25) is 0 Å². The lowest BCUT2D eigenvalue weighted by Gasteiger charge is -2.03. The largest absolute Gasteiger partial charge is 0.389 e. The number of hydrogen-bond acceptors (Lipinski definition) is 3. The summed E-state index contributed by atoms with van der Waals surface area (Å²) in [5.41, 5.74) is 0.671. The lowest BCUT2D eigenvalue weighted by molar-refractivity contribution is 0.199. The molecule has 2 rings (SSSR count). The molecule has 0 radical (unpaired) electrons. The lowest BCUT2D eigenvalue weighted by atomic mass is 10.2. The van der Waals surface area contributed by atoms with E-state index in [1.807, 2.05) is 12.1 Å². The van der Waals surface area contributed by atoms with Gasteiger partial charge >= 0.3 is 0 Å². The van der Waals surface area contributed by atoms with E-state index in [1.54, 1.807) is 37.5 Å². The number of aromatic nitrogens is 2. The van der Waals surface area contributed by atoms with E-state index in [4.69, 9.17) is 28.3 Å². The molecule has 0 fully saturated rings. The molecule has 0 aliphatic carbocycles. The molecule has 0 saturated heterocycles. The Kier molecular flexibility index (Phi) is 5.91. The van der Waals surface area contributed by atoms with Gasteiger partial charge in [0.25, 0.3) is 0 Å². The fraction of sp³-hybridized carbons (Fsp3) is 0.167. The maximum absolute atomic E-state index is 9.08. The summed E-state index contributed by atoms with van der Waals surface area (Å²) in [4.78, 5) is 7.55. The lowest BCUT2D eigenvalue weighted by Crippen LogP contribution is -1.92. The summed E-state index contributed by atoms with van der Waals surface area (Å²) in [5, 5.41) is 10.00. The molecule has 5 heteroatoms. The number of aliphatic hydroxyl groups excluding tert-OH is 1. The fourth-order valence-electron chi connectivity index (χ4n) is 1.05. The van der Waals surface area contributed by atoms with Crippen LogP contribution in [0.4, 0.5) is 0 Å². The van der Waals surface area contributed by atoms with Crippen LogP contribution in [0, 0.1) is 0 Å². The van der Waals surface area contributed by atoms with Crippen molar-refractivity contribution in [2.24, 2.45) is 0 Å². The zero-order valence-electron chi connectivity index (χ0n) is 9.22. The first-order valence-corrected chi connectivity index (χ1v) is 5.72. The van der Waals surface area contributed by atoms with Crippen LogP contribution in [0.3, 0.4) is 0 Å². The highest BCUT2D eigenvalue weighted by atomic mass is 35.5. The topological polar surface area (TPSA) is 46.0 Å². The van der Waals surface area contributed by atoms with Gasteiger partial charge in [0.2, 0.25) is 0 Å². The van der Waals surface area contributed by atoms with Crippen molar-refractivity contribution < 1.29 is 5.11 Å². The third kappa shape index (κ3) is 5.13. The Morgan fingerprint density at radius 3 is 2.12 bits per heavy atom. The van der Waals surface area contributed by atoms with Crippen LogP contribution in [0.5, 0.6) is 0 Å². The second-order valence-corrected chi connectivity index (χ2v) is 3.96. The van der Waals surface area contributed by atoms with Gasteiger partial charge in [0, 0.05) is 18.0 Å². The van der Waals surface area contributed by atoms with Crippen LogP contribution in [0.1, 0.15) is 18.6 Å². The van der Waals surface area contributed by atoms with Crippen LogP contribution in [0.15, 0.2) is 42.7 Å². The van der Waals surface area contributed by atoms with E-state index in [0.29, 0.717) is 15.9 Å². The molecule has 0 spiro atoms. The Labute approximate surface area is 110 Å². The normalized spacial score (nSPS) is 11.3. The van der Waals surface area contributed by atoms with Crippen molar-refractivity contribution in [3.05, 3.63) is 58.6 Å². The monoisotopic (exact) mass is 270 g/mol. The van der Waals surface area contributed by atoms with Gasteiger partial charge in [0.15, 0.2) is 0 Å². The maximum Gasteiger partial charge on any atom is 0.134 e. The summed E-state index contributed by atoms with van der Waals surface area (Å²) in [6, 6.07) is 8.90. The van der Waals surface area contributed by atoms with Gasteiger partial charge in [0.1, 0.15) is 10.3 Å². The summed E-state index contributed by atoms with van der Waals surface area (Å²) < 4.78 is 0. The molecule has 1 atom stereocenters. The zero-order chi connectivity index (χ0) is 12.7. The van der Waals surface area contributed by atoms with Crippen molar-refractivity contribution in [2.75, 3.05) is 0 Å². The Morgan fingerprint density at radius 2 is 1.76 bits per heavy atom. The molecular weight excluding hydrogens is 259 g/mol. The van der Waals surface area contributed by atoms with Crippen molar-refractivity contribution in [1.29, 1.82) is 0 Å². The van der Waals surface area contributed by atoms with E-state index in [0.717, 1.165) is 0 Å². The van der Waals surface area contributed by atoms with E-state index >= 15 is 0 Å². The molecule has 0 saturated carbocycles. The second-order valence-electron chi connectivity index (χ2n) is 3.21. The summed E-state index contributed by atoms with van der Waals surface area (Å²) in [5.74, 6) is 0. The van der Waals surface area contributed by atoms with Crippen molar-refractivity contribution in [2.45, 2.75) is 13.0 Å². The Bertz CT molecular complexity index is 449. The fourth-order valence-corrected chi connectivity index (χ4v) is 1.46. The number of rotatable bonds is 1. The first-order valence-electron chi connectivity index (χ1n) is 4.96. The molecule has 90 valence electrons. The van der Waals surface area contributed by atoms with E-state index in [1.165, 1.54) is 0 Å². The molecule has 2 aromatic rings. The first-order chi connectivity index (χ1) is 8.11. The smallest absolute Gasteiger partial charge is 0.134 e. The minimum atomic E-state index is -0.541. The van der Waals surface area contributed by atoms with Crippen molar-refractivity contribution in [3.63, 3.8) is 0 Å². The molecule has 0 aromatic carbocycles. The predicted molar refractivity (Wildman–Crippen MR) is 69.1 cm³/mol. The predicted octanol–water partition coefficient (Wildman–Crippen LogP) is 3.52. The minimum Gasteiger partial charge on any atom is -0.389 e. The van der Waals surface area contributed by atoms with Crippen molar-refractivity contribution in [1.82, 2.24) is 9.97 Å². The van der Waals surface area contributed by atoms with Gasteiger partial charge in [-0.2, -0.15) is 0 Å². The molecule has 17 heavy (non-hydrogen) atoms. The van der Waals surface area contributed by atoms with E-state index in [2.05, 4.69) is 9.97 Å². The summed E-state index contributed by atoms with van der Waals surface area (Å²) in [7, 11) is 0. The average Bonchev–Trinajstić information content (AvgIpc) is 2.31. The molecule has 2 aromatic heterocycles. The standard InChI is InChI=1S/C7H8ClNO.C5H4ClN/c1-5(10)6-3-2-4-9-7(6)8;6-5-3-1-2-4-7-5/h2-5,10H,1H3;1-4H. The number of aliphatic hydroxyl groups is 1. The third-order valence-corrected chi connectivity index (χ3v) is 2.41. The van der Waals surface area contributed by atoms with Crippen molar-refractivity contribution >= 4 is 23.2 Å². The highest BCUT2D eigenvalue weighted by Gasteiger charge is 2.04. The van der Waals surface area contributed by atoms with Gasteiger partial charge in [-0.15, -0.1) is 0 Å². The van der Waals surface area contributed by atoms with Gasteiger partial charge in [-0.1, -0.05) is 35.3 Å². The van der Waals surface area contributed by atoms with Crippen LogP contribution in [0.25, 0.3) is 0 Å². The summed E-state index contributed by atoms with van der Waals surface area (Å²) in [6.45, 7) is 1.66. The first kappa shape index (κ1) is 13.9. The summed E-state index contributed by atoms with van der Waals surface area (Å²) in [6.07, 6.45) is 2.71. The average molecular weight is 271 g/mol. The van der Waals surface area contributed by atoms with Crippen LogP contribution < -0.4 is 0 Å². The van der Waals surface area contributed by atoms with E-state index in [-0.39, 0.29) is 0 Å². The maximum atomic E-state index is 9.08. The highest BCUT2D eigenvalue weighted by molar-refractivity contribution is 6.30. The molecular formula is C12H12Cl2N2O. The van der Waals surface area contributed by atoms with E-state index < -0.39 is 6.10 Å². The third-order valence-electron chi connectivity index (χ3n) is 1.87. The molecule has 0 aliphatic rings. The quantitative estimate of drug-likeness (QED) is 0.807. The molecule has 1 N–H and O–H groups in total. The number of hydrogen-bond donors (Lipinski definition) is 1. The molecule has 0 amide bonds. The molecule has 3 nitrogen and oxygen atoms in total. The van der Waals surface area contributed by atoms with Crippen LogP contribution in [-0.2, 0) is 0 Å². The van der Waals surface area contributed by atoms with Crippen molar-refractivity contribution in [3.8, 4) is 0 Å². The molecule has 0 aliphatic heterocycles. The zero-order valence-corrected chi connectivity index (χ0v) is 10.7. The number of nitrogens with zero attached hydrogens (tertiary/aromatic N) is 2. The number of halogens is 2. The van der Waals surface area contributed by atoms with Gasteiger partial charge in [-0.05, 0) is 25.1 Å². The van der Waals surface area contributed by atoms with Gasteiger partial charge in [-0.25, -0.2) is 9.97 Å². The molecule has 0 bridgehead atoms. The number of pyridine rings is 2. The van der Waals surface area contributed by atoms with Crippen LogP contribution in [0.2, 0.25) is 10.3 Å². The minimum absolute atomic E-state index is 0.373. The Morgan fingerprint density at radius 1 is 1.06 bits per heavy atom. The Balaban J connectivity index is 0.000000181.